The van der Waals surface area contributed by atoms with E-state index in [9.17, 15) is 4.79 Å². The molecule has 0 amide bonds. The first kappa shape index (κ1) is 23.6. The summed E-state index contributed by atoms with van der Waals surface area (Å²) in [5.74, 6) is 0.776. The highest BCUT2D eigenvalue weighted by molar-refractivity contribution is 5.81. The molecule has 0 aliphatic carbocycles. The normalized spacial score (nSPS) is 12.3. The Morgan fingerprint density at radius 3 is 2.61 bits per heavy atom. The Bertz CT molecular complexity index is 1500. The van der Waals surface area contributed by atoms with Crippen molar-refractivity contribution in [2.45, 2.75) is 45.9 Å². The molecular weight excluding hydrogens is 450 g/mol. The van der Waals surface area contributed by atoms with Gasteiger partial charge in [-0.05, 0) is 58.0 Å². The first-order chi connectivity index (χ1) is 17.6. The van der Waals surface area contributed by atoms with Crippen LogP contribution in [0.4, 0.5) is 0 Å². The average molecular weight is 480 g/mol. The summed E-state index contributed by atoms with van der Waals surface area (Å²) < 4.78 is 1.85. The molecule has 0 fully saturated rings. The van der Waals surface area contributed by atoms with Gasteiger partial charge in [0.15, 0.2) is 5.82 Å². The SMILES string of the molecule is CC[C@H](c1nnnn1Cc1ccccc1)N(Cc1cccnc1)Cc1cc2cccc(C)c2[nH]c1=O. The second kappa shape index (κ2) is 10.6. The number of tetrazole rings is 1. The lowest BCUT2D eigenvalue weighted by Gasteiger charge is -2.30. The van der Waals surface area contributed by atoms with E-state index >= 15 is 0 Å². The molecule has 2 aromatic carbocycles. The average Bonchev–Trinajstić information content (AvgIpc) is 3.34. The van der Waals surface area contributed by atoms with Gasteiger partial charge in [-0.2, -0.15) is 0 Å². The Hall–Kier alpha value is -4.17. The zero-order valence-electron chi connectivity index (χ0n) is 20.5. The lowest BCUT2D eigenvalue weighted by molar-refractivity contribution is 0.161. The van der Waals surface area contributed by atoms with Gasteiger partial charge in [-0.1, -0.05) is 61.5 Å². The third-order valence-corrected chi connectivity index (χ3v) is 6.51. The van der Waals surface area contributed by atoms with Crippen molar-refractivity contribution in [2.75, 3.05) is 0 Å². The molecule has 3 aromatic heterocycles. The maximum Gasteiger partial charge on any atom is 0.252 e. The van der Waals surface area contributed by atoms with E-state index in [2.05, 4.69) is 49.4 Å². The number of pyridine rings is 2. The molecule has 0 unspecified atom stereocenters. The topological polar surface area (TPSA) is 92.6 Å². The zero-order valence-corrected chi connectivity index (χ0v) is 20.5. The molecule has 5 rings (SSSR count). The summed E-state index contributed by atoms with van der Waals surface area (Å²) in [4.78, 5) is 22.8. The van der Waals surface area contributed by atoms with Gasteiger partial charge in [0.05, 0.1) is 18.1 Å². The van der Waals surface area contributed by atoms with Crippen LogP contribution in [0.15, 0.2) is 83.9 Å². The van der Waals surface area contributed by atoms with Crippen LogP contribution < -0.4 is 5.56 Å². The zero-order chi connectivity index (χ0) is 24.9. The van der Waals surface area contributed by atoms with Gasteiger partial charge in [0.1, 0.15) is 0 Å². The van der Waals surface area contributed by atoms with Crippen molar-refractivity contribution in [1.82, 2.24) is 35.1 Å². The highest BCUT2D eigenvalue weighted by Crippen LogP contribution is 2.27. The Kier molecular flexibility index (Phi) is 6.95. The Morgan fingerprint density at radius 1 is 1.00 bits per heavy atom. The lowest BCUT2D eigenvalue weighted by Crippen LogP contribution is -2.32. The molecule has 1 N–H and O–H groups in total. The van der Waals surface area contributed by atoms with E-state index < -0.39 is 0 Å². The van der Waals surface area contributed by atoms with Gasteiger partial charge in [0.25, 0.3) is 5.56 Å². The van der Waals surface area contributed by atoms with Gasteiger partial charge in [0, 0.05) is 31.0 Å². The Balaban J connectivity index is 1.52. The third-order valence-electron chi connectivity index (χ3n) is 6.51. The number of hydrogen-bond donors (Lipinski definition) is 1. The minimum absolute atomic E-state index is 0.0771. The molecule has 8 nitrogen and oxygen atoms in total. The number of aromatic nitrogens is 6. The van der Waals surface area contributed by atoms with Gasteiger partial charge in [0.2, 0.25) is 0 Å². The van der Waals surface area contributed by atoms with E-state index in [1.54, 1.807) is 6.20 Å². The third kappa shape index (κ3) is 5.08. The minimum atomic E-state index is -0.100. The predicted molar refractivity (Wildman–Crippen MR) is 139 cm³/mol. The number of aromatic amines is 1. The highest BCUT2D eigenvalue weighted by Gasteiger charge is 2.26. The molecule has 0 saturated carbocycles. The molecular formula is C28H29N7O. The molecule has 0 bridgehead atoms. The standard InChI is InChI=1S/C28H29N7O/c1-3-25(27-31-32-33-35(27)18-21-10-5-4-6-11-21)34(17-22-12-8-14-29-16-22)19-24-15-23-13-7-9-20(2)26(23)30-28(24)36/h4-16,25H,3,17-19H2,1-2H3,(H,30,36)/t25-/m1/s1. The molecule has 182 valence electrons. The molecule has 0 aliphatic rings. The monoisotopic (exact) mass is 479 g/mol. The van der Waals surface area contributed by atoms with E-state index in [4.69, 9.17) is 0 Å². The summed E-state index contributed by atoms with van der Waals surface area (Å²) >= 11 is 0. The van der Waals surface area contributed by atoms with Crippen LogP contribution in [-0.4, -0.2) is 35.1 Å². The van der Waals surface area contributed by atoms with Crippen molar-refractivity contribution in [3.8, 4) is 0 Å². The molecule has 0 spiro atoms. The Labute approximate surface area is 209 Å². The molecule has 5 aromatic rings. The minimum Gasteiger partial charge on any atom is -0.321 e. The maximum absolute atomic E-state index is 13.1. The number of aryl methyl sites for hydroxylation is 1. The number of nitrogens with zero attached hydrogens (tertiary/aromatic N) is 6. The van der Waals surface area contributed by atoms with Crippen molar-refractivity contribution < 1.29 is 0 Å². The summed E-state index contributed by atoms with van der Waals surface area (Å²) in [6.45, 7) is 5.76. The first-order valence-corrected chi connectivity index (χ1v) is 12.2. The van der Waals surface area contributed by atoms with E-state index in [0.29, 0.717) is 25.2 Å². The second-order valence-corrected chi connectivity index (χ2v) is 9.03. The summed E-state index contributed by atoms with van der Waals surface area (Å²) in [7, 11) is 0. The Morgan fingerprint density at radius 2 is 1.83 bits per heavy atom. The lowest BCUT2D eigenvalue weighted by atomic mass is 10.1. The highest BCUT2D eigenvalue weighted by atomic mass is 16.1. The number of hydrogen-bond acceptors (Lipinski definition) is 6. The van der Waals surface area contributed by atoms with E-state index in [1.165, 1.54) is 0 Å². The van der Waals surface area contributed by atoms with Crippen LogP contribution in [0.3, 0.4) is 0 Å². The van der Waals surface area contributed by atoms with Crippen LogP contribution in [0, 0.1) is 6.92 Å². The number of benzene rings is 2. The molecule has 8 heteroatoms. The summed E-state index contributed by atoms with van der Waals surface area (Å²) in [6, 6.07) is 22.1. The van der Waals surface area contributed by atoms with E-state index in [-0.39, 0.29) is 11.6 Å². The molecule has 0 radical (unpaired) electrons. The number of para-hydroxylation sites is 1. The van der Waals surface area contributed by atoms with Crippen LogP contribution >= 0.6 is 0 Å². The summed E-state index contributed by atoms with van der Waals surface area (Å²) in [5.41, 5.74) is 4.75. The molecule has 1 atom stereocenters. The van der Waals surface area contributed by atoms with Gasteiger partial charge in [-0.15, -0.1) is 5.10 Å². The predicted octanol–water partition coefficient (Wildman–Crippen LogP) is 4.42. The van der Waals surface area contributed by atoms with Crippen LogP contribution in [0.1, 0.15) is 47.5 Å². The number of nitrogens with one attached hydrogen (secondary N) is 1. The van der Waals surface area contributed by atoms with Crippen molar-refractivity contribution in [2.24, 2.45) is 0 Å². The fourth-order valence-corrected chi connectivity index (χ4v) is 4.69. The largest absolute Gasteiger partial charge is 0.321 e. The smallest absolute Gasteiger partial charge is 0.252 e. The van der Waals surface area contributed by atoms with Gasteiger partial charge in [-0.25, -0.2) is 4.68 Å². The molecule has 0 saturated heterocycles. The van der Waals surface area contributed by atoms with Crippen LogP contribution in [0.2, 0.25) is 0 Å². The summed E-state index contributed by atoms with van der Waals surface area (Å²) in [5, 5.41) is 13.8. The fraction of sp³-hybridized carbons (Fsp3) is 0.250. The van der Waals surface area contributed by atoms with Crippen molar-refractivity contribution in [1.29, 1.82) is 0 Å². The fourth-order valence-electron chi connectivity index (χ4n) is 4.69. The van der Waals surface area contributed by atoms with E-state index in [0.717, 1.165) is 39.8 Å². The van der Waals surface area contributed by atoms with Crippen molar-refractivity contribution in [3.05, 3.63) is 118 Å². The van der Waals surface area contributed by atoms with Crippen molar-refractivity contribution >= 4 is 10.9 Å². The number of rotatable bonds is 9. The maximum atomic E-state index is 13.1. The van der Waals surface area contributed by atoms with Gasteiger partial charge < -0.3 is 4.98 Å². The first-order valence-electron chi connectivity index (χ1n) is 12.2. The second-order valence-electron chi connectivity index (χ2n) is 9.03. The number of fused-ring (bicyclic) bond motifs is 1. The van der Waals surface area contributed by atoms with Gasteiger partial charge in [-0.3, -0.25) is 14.7 Å². The van der Waals surface area contributed by atoms with Crippen LogP contribution in [0.5, 0.6) is 0 Å². The van der Waals surface area contributed by atoms with Crippen molar-refractivity contribution in [3.63, 3.8) is 0 Å². The van der Waals surface area contributed by atoms with Crippen LogP contribution in [0.25, 0.3) is 10.9 Å². The van der Waals surface area contributed by atoms with Crippen LogP contribution in [-0.2, 0) is 19.6 Å². The quantitative estimate of drug-likeness (QED) is 0.336. The molecule has 0 aliphatic heterocycles. The molecule has 36 heavy (non-hydrogen) atoms. The van der Waals surface area contributed by atoms with Gasteiger partial charge >= 0.3 is 0 Å². The van der Waals surface area contributed by atoms with E-state index in [1.807, 2.05) is 72.4 Å². The summed E-state index contributed by atoms with van der Waals surface area (Å²) in [6.07, 6.45) is 4.41. The molecule has 3 heterocycles. The number of H-pyrrole nitrogens is 1.